The van der Waals surface area contributed by atoms with Gasteiger partial charge in [-0.1, -0.05) is 41.5 Å². The molecule has 0 radical (unpaired) electrons. The van der Waals surface area contributed by atoms with E-state index in [2.05, 4.69) is 34.6 Å². The Balaban J connectivity index is 4.31. The average Bonchev–Trinajstić information content (AvgIpc) is 1.96. The van der Waals surface area contributed by atoms with E-state index >= 15 is 0 Å². The molecule has 0 aliphatic heterocycles. The summed E-state index contributed by atoms with van der Waals surface area (Å²) >= 11 is 0. The summed E-state index contributed by atoms with van der Waals surface area (Å²) < 4.78 is 4.75. The number of methoxy groups -OCH3 is 1. The van der Waals surface area contributed by atoms with Crippen LogP contribution in [0.3, 0.4) is 0 Å². The molecule has 1 atom stereocenters. The van der Waals surface area contributed by atoms with Crippen LogP contribution in [0.4, 0.5) is 0 Å². The summed E-state index contributed by atoms with van der Waals surface area (Å²) in [5.41, 5.74) is 0.491. The second-order valence-corrected chi connectivity index (χ2v) is 6.53. The fraction of sp³-hybridized carbons (Fsp3) is 0.923. The van der Waals surface area contributed by atoms with E-state index in [4.69, 9.17) is 4.74 Å². The van der Waals surface area contributed by atoms with E-state index in [-0.39, 0.29) is 17.3 Å². The van der Waals surface area contributed by atoms with E-state index in [1.54, 1.807) is 0 Å². The molecular weight excluding hydrogens is 188 g/mol. The van der Waals surface area contributed by atoms with Crippen LogP contribution in [0.1, 0.15) is 54.4 Å². The first-order valence-corrected chi connectivity index (χ1v) is 5.65. The van der Waals surface area contributed by atoms with Crippen molar-refractivity contribution in [1.82, 2.24) is 0 Å². The second-order valence-electron chi connectivity index (χ2n) is 6.53. The molecule has 0 saturated carbocycles. The molecule has 0 aliphatic carbocycles. The molecule has 0 heterocycles. The van der Waals surface area contributed by atoms with E-state index in [9.17, 15) is 4.79 Å². The lowest BCUT2D eigenvalue weighted by atomic mass is 9.72. The van der Waals surface area contributed by atoms with Crippen LogP contribution in [0.25, 0.3) is 0 Å². The molecule has 2 nitrogen and oxygen atoms in total. The van der Waals surface area contributed by atoms with E-state index < -0.39 is 0 Å². The van der Waals surface area contributed by atoms with Gasteiger partial charge in [0.05, 0.1) is 13.0 Å². The monoisotopic (exact) mass is 214 g/mol. The van der Waals surface area contributed by atoms with Gasteiger partial charge >= 0.3 is 5.97 Å². The first-order chi connectivity index (χ1) is 6.57. The quantitative estimate of drug-likeness (QED) is 0.668. The highest BCUT2D eigenvalue weighted by atomic mass is 16.5. The molecule has 1 unspecified atom stereocenters. The van der Waals surface area contributed by atoms with Gasteiger partial charge in [-0.15, -0.1) is 0 Å². The minimum atomic E-state index is -0.100. The van der Waals surface area contributed by atoms with Crippen LogP contribution in [0.15, 0.2) is 0 Å². The Hall–Kier alpha value is -0.530. The Morgan fingerprint density at radius 2 is 1.67 bits per heavy atom. The third-order valence-electron chi connectivity index (χ3n) is 2.47. The molecule has 0 aromatic heterocycles. The molecule has 0 aromatic rings. The lowest BCUT2D eigenvalue weighted by molar-refractivity contribution is -0.146. The molecule has 0 aliphatic rings. The van der Waals surface area contributed by atoms with Crippen molar-refractivity contribution in [3.63, 3.8) is 0 Å². The maximum absolute atomic E-state index is 11.3. The highest BCUT2D eigenvalue weighted by Gasteiger charge is 2.29. The normalized spacial score (nSPS) is 14.9. The summed E-state index contributed by atoms with van der Waals surface area (Å²) in [5.74, 6) is -0.107. The van der Waals surface area contributed by atoms with Crippen molar-refractivity contribution < 1.29 is 9.53 Å². The average molecular weight is 214 g/mol. The summed E-state index contributed by atoms with van der Waals surface area (Å²) in [6.45, 7) is 13.1. The minimum absolute atomic E-state index is 0.00708. The van der Waals surface area contributed by atoms with Crippen LogP contribution in [-0.2, 0) is 9.53 Å². The number of ether oxygens (including phenoxy) is 1. The van der Waals surface area contributed by atoms with Crippen LogP contribution in [-0.4, -0.2) is 13.1 Å². The van der Waals surface area contributed by atoms with Gasteiger partial charge in [-0.3, -0.25) is 4.79 Å². The number of carbonyl (C=O) groups excluding carboxylic acids is 1. The number of rotatable bonds is 4. The van der Waals surface area contributed by atoms with E-state index in [1.807, 2.05) is 6.92 Å². The highest BCUT2D eigenvalue weighted by molar-refractivity contribution is 5.71. The van der Waals surface area contributed by atoms with Crippen LogP contribution in [0.2, 0.25) is 0 Å². The molecule has 90 valence electrons. The molecular formula is C13H26O2. The first-order valence-electron chi connectivity index (χ1n) is 5.65. The highest BCUT2D eigenvalue weighted by Crippen LogP contribution is 2.37. The van der Waals surface area contributed by atoms with Gasteiger partial charge in [-0.2, -0.15) is 0 Å². The zero-order chi connectivity index (χ0) is 12.3. The molecule has 0 N–H and O–H groups in total. The van der Waals surface area contributed by atoms with E-state index in [0.29, 0.717) is 5.41 Å². The van der Waals surface area contributed by atoms with Crippen LogP contribution < -0.4 is 0 Å². The van der Waals surface area contributed by atoms with Gasteiger partial charge in [0.15, 0.2) is 0 Å². The van der Waals surface area contributed by atoms with Gasteiger partial charge in [-0.25, -0.2) is 0 Å². The molecule has 0 saturated heterocycles. The first kappa shape index (κ1) is 14.5. The predicted molar refractivity (Wildman–Crippen MR) is 63.7 cm³/mol. The number of esters is 1. The summed E-state index contributed by atoms with van der Waals surface area (Å²) in [6, 6.07) is 0. The van der Waals surface area contributed by atoms with Gasteiger partial charge < -0.3 is 4.74 Å². The van der Waals surface area contributed by atoms with E-state index in [1.165, 1.54) is 7.11 Å². The van der Waals surface area contributed by atoms with Crippen molar-refractivity contribution >= 4 is 5.97 Å². The summed E-state index contributed by atoms with van der Waals surface area (Å²) in [6.07, 6.45) is 2.00. The molecule has 15 heavy (non-hydrogen) atoms. The van der Waals surface area contributed by atoms with Gasteiger partial charge in [0.1, 0.15) is 0 Å². The SMILES string of the molecule is COC(=O)C(C)CC(C)(C)CC(C)(C)C. The zero-order valence-corrected chi connectivity index (χ0v) is 11.3. The molecule has 0 bridgehead atoms. The summed E-state index contributed by atoms with van der Waals surface area (Å²) in [4.78, 5) is 11.3. The summed E-state index contributed by atoms with van der Waals surface area (Å²) in [5, 5.41) is 0. The van der Waals surface area contributed by atoms with Gasteiger partial charge in [0.25, 0.3) is 0 Å². The third kappa shape index (κ3) is 6.53. The topological polar surface area (TPSA) is 26.3 Å². The molecule has 0 amide bonds. The van der Waals surface area contributed by atoms with Crippen molar-refractivity contribution in [3.8, 4) is 0 Å². The van der Waals surface area contributed by atoms with Gasteiger partial charge in [0.2, 0.25) is 0 Å². The molecule has 0 spiro atoms. The predicted octanol–water partition coefficient (Wildman–Crippen LogP) is 3.65. The van der Waals surface area contributed by atoms with Crippen LogP contribution in [0.5, 0.6) is 0 Å². The largest absolute Gasteiger partial charge is 0.469 e. The number of hydrogen-bond donors (Lipinski definition) is 0. The lowest BCUT2D eigenvalue weighted by Crippen LogP contribution is -2.26. The molecule has 0 aromatic carbocycles. The Labute approximate surface area is 94.4 Å². The fourth-order valence-electron chi connectivity index (χ4n) is 2.62. The minimum Gasteiger partial charge on any atom is -0.469 e. The number of carbonyl (C=O) groups is 1. The number of hydrogen-bond acceptors (Lipinski definition) is 2. The maximum Gasteiger partial charge on any atom is 0.308 e. The smallest absolute Gasteiger partial charge is 0.308 e. The van der Waals surface area contributed by atoms with Crippen molar-refractivity contribution in [3.05, 3.63) is 0 Å². The van der Waals surface area contributed by atoms with Crippen molar-refractivity contribution in [2.24, 2.45) is 16.7 Å². The van der Waals surface area contributed by atoms with Gasteiger partial charge in [-0.05, 0) is 23.7 Å². The molecule has 2 heteroatoms. The Morgan fingerprint density at radius 1 is 1.20 bits per heavy atom. The lowest BCUT2D eigenvalue weighted by Gasteiger charge is -2.33. The standard InChI is InChI=1S/C13H26O2/c1-10(11(14)15-7)8-13(5,6)9-12(2,3)4/h10H,8-9H2,1-7H3. The fourth-order valence-corrected chi connectivity index (χ4v) is 2.62. The summed E-state index contributed by atoms with van der Waals surface area (Å²) in [7, 11) is 1.45. The van der Waals surface area contributed by atoms with Crippen LogP contribution in [0, 0.1) is 16.7 Å². The van der Waals surface area contributed by atoms with Crippen molar-refractivity contribution in [2.45, 2.75) is 54.4 Å². The van der Waals surface area contributed by atoms with Crippen LogP contribution >= 0.6 is 0 Å². The molecule has 0 rings (SSSR count). The Bertz CT molecular complexity index is 211. The Kier molecular flexibility index (Phi) is 4.82. The maximum atomic E-state index is 11.3. The van der Waals surface area contributed by atoms with E-state index in [0.717, 1.165) is 12.8 Å². The molecule has 0 fully saturated rings. The van der Waals surface area contributed by atoms with Crippen molar-refractivity contribution in [2.75, 3.05) is 7.11 Å². The van der Waals surface area contributed by atoms with Gasteiger partial charge in [0, 0.05) is 0 Å². The third-order valence-corrected chi connectivity index (χ3v) is 2.47. The zero-order valence-electron chi connectivity index (χ0n) is 11.3. The Morgan fingerprint density at radius 3 is 2.00 bits per heavy atom. The second kappa shape index (κ2) is 5.00. The van der Waals surface area contributed by atoms with Crippen molar-refractivity contribution in [1.29, 1.82) is 0 Å².